The summed E-state index contributed by atoms with van der Waals surface area (Å²) in [6.45, 7) is 0. The molecular weight excluding hydrogens is 184 g/mol. The van der Waals surface area contributed by atoms with Crippen molar-refractivity contribution >= 4 is 21.5 Å². The maximum atomic E-state index is 2.18. The Kier molecular flexibility index (Phi) is 2.40. The van der Waals surface area contributed by atoms with E-state index in [2.05, 4.69) is 60.7 Å². The van der Waals surface area contributed by atoms with E-state index >= 15 is 0 Å². The van der Waals surface area contributed by atoms with Crippen LogP contribution in [0, 0.1) is 0 Å². The second kappa shape index (κ2) is 3.71. The number of fused-ring (bicyclic) bond motifs is 3. The zero-order chi connectivity index (χ0) is 9.38. The number of benzene rings is 3. The molecular formula is C14H12O. The second-order valence-electron chi connectivity index (χ2n) is 3.51. The third-order valence-electron chi connectivity index (χ3n) is 2.65. The first-order valence-electron chi connectivity index (χ1n) is 4.82. The molecule has 0 aliphatic rings. The Morgan fingerprint density at radius 3 is 1.33 bits per heavy atom. The van der Waals surface area contributed by atoms with Gasteiger partial charge in [0.2, 0.25) is 0 Å². The molecule has 0 unspecified atom stereocenters. The van der Waals surface area contributed by atoms with E-state index in [1.165, 1.54) is 21.5 Å². The molecule has 0 fully saturated rings. The summed E-state index contributed by atoms with van der Waals surface area (Å²) in [6.07, 6.45) is 0. The van der Waals surface area contributed by atoms with Gasteiger partial charge in [0.15, 0.2) is 0 Å². The first-order chi connectivity index (χ1) is 6.95. The summed E-state index contributed by atoms with van der Waals surface area (Å²) in [4.78, 5) is 0. The van der Waals surface area contributed by atoms with Gasteiger partial charge in [-0.15, -0.1) is 0 Å². The SMILES string of the molecule is O.c1ccc2c(c1)ccc1ccccc12. The lowest BCUT2D eigenvalue weighted by atomic mass is 10.0. The molecule has 2 N–H and O–H groups in total. The molecule has 74 valence electrons. The molecule has 0 bridgehead atoms. The van der Waals surface area contributed by atoms with Crippen LogP contribution in [0.5, 0.6) is 0 Å². The van der Waals surface area contributed by atoms with E-state index in [0.717, 1.165) is 0 Å². The fourth-order valence-electron chi connectivity index (χ4n) is 1.95. The summed E-state index contributed by atoms with van der Waals surface area (Å²) in [5.41, 5.74) is 0. The predicted molar refractivity (Wildman–Crippen MR) is 65.1 cm³/mol. The maximum absolute atomic E-state index is 2.18. The van der Waals surface area contributed by atoms with E-state index in [1.54, 1.807) is 0 Å². The quantitative estimate of drug-likeness (QED) is 0.495. The molecule has 3 aromatic carbocycles. The average molecular weight is 196 g/mol. The second-order valence-corrected chi connectivity index (χ2v) is 3.51. The molecule has 0 atom stereocenters. The van der Waals surface area contributed by atoms with Crippen molar-refractivity contribution in [2.24, 2.45) is 0 Å². The average Bonchev–Trinajstić information content (AvgIpc) is 2.29. The third kappa shape index (κ3) is 1.47. The summed E-state index contributed by atoms with van der Waals surface area (Å²) in [7, 11) is 0. The number of hydrogen-bond donors (Lipinski definition) is 0. The first kappa shape index (κ1) is 9.69. The van der Waals surface area contributed by atoms with Gasteiger partial charge in [-0.3, -0.25) is 0 Å². The first-order valence-corrected chi connectivity index (χ1v) is 4.82. The van der Waals surface area contributed by atoms with Gasteiger partial charge in [-0.1, -0.05) is 60.7 Å². The highest BCUT2D eigenvalue weighted by Crippen LogP contribution is 2.24. The van der Waals surface area contributed by atoms with E-state index in [4.69, 9.17) is 0 Å². The molecule has 0 aliphatic heterocycles. The molecule has 0 amide bonds. The molecule has 0 radical (unpaired) electrons. The Morgan fingerprint density at radius 2 is 0.867 bits per heavy atom. The zero-order valence-electron chi connectivity index (χ0n) is 8.27. The van der Waals surface area contributed by atoms with Crippen molar-refractivity contribution in [3.63, 3.8) is 0 Å². The van der Waals surface area contributed by atoms with Crippen LogP contribution in [0.4, 0.5) is 0 Å². The van der Waals surface area contributed by atoms with Crippen LogP contribution in [0.15, 0.2) is 60.7 Å². The van der Waals surface area contributed by atoms with Crippen LogP contribution in [-0.4, -0.2) is 5.48 Å². The summed E-state index contributed by atoms with van der Waals surface area (Å²) in [5.74, 6) is 0. The van der Waals surface area contributed by atoms with Gasteiger partial charge in [0.05, 0.1) is 0 Å². The van der Waals surface area contributed by atoms with Crippen LogP contribution in [-0.2, 0) is 0 Å². The van der Waals surface area contributed by atoms with Crippen molar-refractivity contribution in [2.45, 2.75) is 0 Å². The van der Waals surface area contributed by atoms with Crippen molar-refractivity contribution < 1.29 is 5.48 Å². The van der Waals surface area contributed by atoms with E-state index in [9.17, 15) is 0 Å². The Labute approximate surface area is 88.3 Å². The lowest BCUT2D eigenvalue weighted by Crippen LogP contribution is -1.75. The summed E-state index contributed by atoms with van der Waals surface area (Å²) < 4.78 is 0. The van der Waals surface area contributed by atoms with Crippen molar-refractivity contribution in [3.05, 3.63) is 60.7 Å². The third-order valence-corrected chi connectivity index (χ3v) is 2.65. The lowest BCUT2D eigenvalue weighted by molar-refractivity contribution is 0.824. The number of rotatable bonds is 0. The van der Waals surface area contributed by atoms with Crippen LogP contribution >= 0.6 is 0 Å². The van der Waals surface area contributed by atoms with Gasteiger partial charge in [0.25, 0.3) is 0 Å². The molecule has 0 aliphatic carbocycles. The van der Waals surface area contributed by atoms with E-state index in [0.29, 0.717) is 0 Å². The zero-order valence-corrected chi connectivity index (χ0v) is 8.27. The van der Waals surface area contributed by atoms with Crippen molar-refractivity contribution in [1.29, 1.82) is 0 Å². The van der Waals surface area contributed by atoms with Gasteiger partial charge in [-0.05, 0) is 21.5 Å². The molecule has 3 rings (SSSR count). The lowest BCUT2D eigenvalue weighted by Gasteiger charge is -2.02. The van der Waals surface area contributed by atoms with Gasteiger partial charge in [0, 0.05) is 0 Å². The van der Waals surface area contributed by atoms with E-state index in [1.807, 2.05) is 0 Å². The van der Waals surface area contributed by atoms with Gasteiger partial charge < -0.3 is 5.48 Å². The molecule has 15 heavy (non-hydrogen) atoms. The molecule has 3 aromatic rings. The van der Waals surface area contributed by atoms with Crippen LogP contribution in [0.1, 0.15) is 0 Å². The van der Waals surface area contributed by atoms with E-state index in [-0.39, 0.29) is 5.48 Å². The van der Waals surface area contributed by atoms with Crippen LogP contribution in [0.25, 0.3) is 21.5 Å². The highest BCUT2D eigenvalue weighted by molar-refractivity contribution is 6.07. The van der Waals surface area contributed by atoms with Gasteiger partial charge >= 0.3 is 0 Å². The molecule has 1 nitrogen and oxygen atoms in total. The normalized spacial score (nSPS) is 10.1. The van der Waals surface area contributed by atoms with Crippen molar-refractivity contribution in [2.75, 3.05) is 0 Å². The van der Waals surface area contributed by atoms with Gasteiger partial charge in [-0.25, -0.2) is 0 Å². The maximum Gasteiger partial charge on any atom is -0.0105 e. The molecule has 1 heteroatoms. The van der Waals surface area contributed by atoms with E-state index < -0.39 is 0 Å². The van der Waals surface area contributed by atoms with Crippen LogP contribution < -0.4 is 0 Å². The molecule has 0 saturated heterocycles. The molecule has 0 saturated carbocycles. The predicted octanol–water partition coefficient (Wildman–Crippen LogP) is 3.17. The minimum atomic E-state index is 0. The smallest absolute Gasteiger partial charge is 0.0105 e. The van der Waals surface area contributed by atoms with Gasteiger partial charge in [0.1, 0.15) is 0 Å². The topological polar surface area (TPSA) is 31.5 Å². The fourth-order valence-corrected chi connectivity index (χ4v) is 1.95. The highest BCUT2D eigenvalue weighted by atomic mass is 16.0. The Hall–Kier alpha value is -1.86. The molecule has 0 spiro atoms. The Balaban J connectivity index is 0.000000853. The van der Waals surface area contributed by atoms with Crippen molar-refractivity contribution in [3.8, 4) is 0 Å². The highest BCUT2D eigenvalue weighted by Gasteiger charge is 1.97. The standard InChI is InChI=1S/C14H10.H2O/c1-3-7-13-11(5-1)9-10-12-6-2-4-8-14(12)13;/h1-10H;1H2. The molecule has 0 heterocycles. The van der Waals surface area contributed by atoms with Crippen LogP contribution in [0.2, 0.25) is 0 Å². The Bertz CT molecular complexity index is 544. The summed E-state index contributed by atoms with van der Waals surface area (Å²) in [5, 5.41) is 5.30. The Morgan fingerprint density at radius 1 is 0.467 bits per heavy atom. The fraction of sp³-hybridized carbons (Fsp3) is 0. The van der Waals surface area contributed by atoms with Gasteiger partial charge in [-0.2, -0.15) is 0 Å². The summed E-state index contributed by atoms with van der Waals surface area (Å²) in [6, 6.07) is 21.4. The largest absolute Gasteiger partial charge is 0.412 e. The summed E-state index contributed by atoms with van der Waals surface area (Å²) >= 11 is 0. The minimum absolute atomic E-state index is 0. The number of hydrogen-bond acceptors (Lipinski definition) is 0. The minimum Gasteiger partial charge on any atom is -0.412 e. The van der Waals surface area contributed by atoms with Crippen LogP contribution in [0.3, 0.4) is 0 Å². The van der Waals surface area contributed by atoms with Crippen molar-refractivity contribution in [1.82, 2.24) is 0 Å². The monoisotopic (exact) mass is 196 g/mol. The molecule has 0 aromatic heterocycles.